The van der Waals surface area contributed by atoms with Gasteiger partial charge in [0.2, 0.25) is 0 Å². The highest BCUT2D eigenvalue weighted by Crippen LogP contribution is 2.21. The minimum absolute atomic E-state index is 0.239. The zero-order chi connectivity index (χ0) is 22.2. The average Bonchev–Trinajstić information content (AvgIpc) is 2.80. The third kappa shape index (κ3) is 6.23. The van der Waals surface area contributed by atoms with Crippen LogP contribution in [0.4, 0.5) is 5.69 Å². The lowest BCUT2D eigenvalue weighted by molar-refractivity contribution is -0.692. The van der Waals surface area contributed by atoms with Gasteiger partial charge in [-0.25, -0.2) is 0 Å². The van der Waals surface area contributed by atoms with E-state index in [9.17, 15) is 4.79 Å². The third-order valence-corrected chi connectivity index (χ3v) is 6.24. The van der Waals surface area contributed by atoms with Gasteiger partial charge in [-0.2, -0.15) is 0 Å². The molecular weight excluding hydrogens is 386 g/mol. The van der Waals surface area contributed by atoms with Gasteiger partial charge in [0.05, 0.1) is 7.11 Å². The monoisotopic (exact) mass is 424 g/mol. The average molecular weight is 425 g/mol. The first-order valence-electron chi connectivity index (χ1n) is 11.6. The van der Waals surface area contributed by atoms with Crippen molar-refractivity contribution in [3.8, 4) is 5.75 Å². The molecule has 0 radical (unpaired) electrons. The fraction of sp³-hybridized carbons (Fsp3) is 0.500. The number of quaternary nitrogens is 1. The molecule has 1 saturated heterocycles. The molecule has 2 aromatic carbocycles. The van der Waals surface area contributed by atoms with Crippen LogP contribution < -0.4 is 15.0 Å². The van der Waals surface area contributed by atoms with E-state index in [0.717, 1.165) is 38.3 Å². The Balaban J connectivity index is 1.51. The van der Waals surface area contributed by atoms with Gasteiger partial charge in [-0.05, 0) is 36.2 Å². The van der Waals surface area contributed by atoms with E-state index >= 15 is 0 Å². The van der Waals surface area contributed by atoms with E-state index in [1.165, 1.54) is 23.2 Å². The summed E-state index contributed by atoms with van der Waals surface area (Å²) in [5.41, 5.74) is 3.89. The van der Waals surface area contributed by atoms with Gasteiger partial charge >= 0.3 is 0 Å². The molecular formula is C26H38N3O2+. The van der Waals surface area contributed by atoms with Gasteiger partial charge in [0.15, 0.2) is 6.54 Å². The number of hydrogen-bond donors (Lipinski definition) is 1. The lowest BCUT2D eigenvalue weighted by Gasteiger charge is -2.36. The van der Waals surface area contributed by atoms with Crippen LogP contribution in [0.1, 0.15) is 44.4 Å². The summed E-state index contributed by atoms with van der Waals surface area (Å²) < 4.78 is 5.24. The number of piperazine rings is 1. The van der Waals surface area contributed by atoms with Crippen molar-refractivity contribution in [3.63, 3.8) is 0 Å². The predicted octanol–water partition coefficient (Wildman–Crippen LogP) is 3.26. The third-order valence-electron chi connectivity index (χ3n) is 6.24. The molecule has 1 atom stereocenters. The molecule has 0 aliphatic carbocycles. The van der Waals surface area contributed by atoms with E-state index in [4.69, 9.17) is 4.74 Å². The molecule has 0 saturated carbocycles. The minimum Gasteiger partial charge on any atom is -0.497 e. The van der Waals surface area contributed by atoms with Gasteiger partial charge in [0.25, 0.3) is 5.91 Å². The summed E-state index contributed by atoms with van der Waals surface area (Å²) in [5, 5.41) is 2.22. The van der Waals surface area contributed by atoms with Crippen LogP contribution in [0, 0.1) is 5.92 Å². The number of carbonyl (C=O) groups is 1. The summed E-state index contributed by atoms with van der Waals surface area (Å²) in [4.78, 5) is 17.2. The number of amides is 1. The molecule has 0 unspecified atom stereocenters. The number of rotatable bonds is 9. The van der Waals surface area contributed by atoms with E-state index in [-0.39, 0.29) is 5.91 Å². The molecule has 3 rings (SSSR count). The van der Waals surface area contributed by atoms with Crippen molar-refractivity contribution >= 4 is 11.6 Å². The highest BCUT2D eigenvalue weighted by molar-refractivity contribution is 5.77. The van der Waals surface area contributed by atoms with Crippen LogP contribution in [0.2, 0.25) is 0 Å². The number of nitrogens with two attached hydrogens (primary N) is 1. The van der Waals surface area contributed by atoms with Crippen molar-refractivity contribution in [2.24, 2.45) is 5.92 Å². The van der Waals surface area contributed by atoms with E-state index in [1.807, 2.05) is 17.0 Å². The normalized spacial score (nSPS) is 15.3. The number of benzene rings is 2. The Labute approximate surface area is 187 Å². The molecule has 168 valence electrons. The van der Waals surface area contributed by atoms with Crippen LogP contribution in [-0.2, 0) is 11.2 Å². The number of nitrogens with zero attached hydrogens (tertiary/aromatic N) is 2. The summed E-state index contributed by atoms with van der Waals surface area (Å²) >= 11 is 0. The van der Waals surface area contributed by atoms with Crippen molar-refractivity contribution in [1.82, 2.24) is 4.90 Å². The van der Waals surface area contributed by atoms with Crippen LogP contribution in [0.25, 0.3) is 0 Å². The first kappa shape index (κ1) is 23.1. The molecule has 5 nitrogen and oxygen atoms in total. The second-order valence-electron chi connectivity index (χ2n) is 8.77. The highest BCUT2D eigenvalue weighted by atomic mass is 16.5. The van der Waals surface area contributed by atoms with Crippen LogP contribution in [0.3, 0.4) is 0 Å². The largest absolute Gasteiger partial charge is 0.497 e. The summed E-state index contributed by atoms with van der Waals surface area (Å²) in [7, 11) is 1.68. The number of carbonyl (C=O) groups excluding carboxylic acids is 1. The van der Waals surface area contributed by atoms with Crippen molar-refractivity contribution in [2.75, 3.05) is 44.7 Å². The Morgan fingerprint density at radius 3 is 2.19 bits per heavy atom. The molecule has 0 aromatic heterocycles. The number of aryl methyl sites for hydroxylation is 1. The van der Waals surface area contributed by atoms with Crippen molar-refractivity contribution < 1.29 is 14.8 Å². The fourth-order valence-corrected chi connectivity index (χ4v) is 4.35. The van der Waals surface area contributed by atoms with Gasteiger partial charge in [0.1, 0.15) is 11.8 Å². The van der Waals surface area contributed by atoms with E-state index in [1.54, 1.807) is 7.11 Å². The zero-order valence-corrected chi connectivity index (χ0v) is 19.5. The Morgan fingerprint density at radius 2 is 1.65 bits per heavy atom. The number of methoxy groups -OCH3 is 1. The lowest BCUT2D eigenvalue weighted by atomic mass is 9.94. The first-order chi connectivity index (χ1) is 15.0. The maximum absolute atomic E-state index is 12.9. The summed E-state index contributed by atoms with van der Waals surface area (Å²) in [5.74, 6) is 1.58. The molecule has 1 aliphatic rings. The quantitative estimate of drug-likeness (QED) is 0.672. The topological polar surface area (TPSA) is 49.4 Å². The molecule has 1 fully saturated rings. The Bertz CT molecular complexity index is 810. The summed E-state index contributed by atoms with van der Waals surface area (Å²) in [6.07, 6.45) is 2.29. The summed E-state index contributed by atoms with van der Waals surface area (Å²) in [6, 6.07) is 17.4. The van der Waals surface area contributed by atoms with E-state index in [2.05, 4.69) is 67.4 Å². The molecule has 2 N–H and O–H groups in total. The maximum Gasteiger partial charge on any atom is 0.277 e. The highest BCUT2D eigenvalue weighted by Gasteiger charge is 2.25. The summed E-state index contributed by atoms with van der Waals surface area (Å²) in [6.45, 7) is 10.5. The molecule has 1 heterocycles. The molecule has 1 amide bonds. The van der Waals surface area contributed by atoms with Gasteiger partial charge in [-0.15, -0.1) is 0 Å². The standard InChI is InChI=1S/C26H37N3O2/c1-5-6-21-7-9-22(10-8-21)26(20(2)3)27-19-25(30)29-17-15-28(16-18-29)23-11-13-24(31-4)14-12-23/h7-14,20,26-27H,5-6,15-19H2,1-4H3/p+1/t26-/m1/s1. The van der Waals surface area contributed by atoms with Gasteiger partial charge in [0, 0.05) is 43.3 Å². The molecule has 2 aromatic rings. The lowest BCUT2D eigenvalue weighted by Crippen LogP contribution is -2.88. The molecule has 5 heteroatoms. The van der Waals surface area contributed by atoms with Gasteiger partial charge in [-0.3, -0.25) is 4.79 Å². The Hall–Kier alpha value is -2.53. The van der Waals surface area contributed by atoms with Crippen LogP contribution in [-0.4, -0.2) is 50.6 Å². The van der Waals surface area contributed by atoms with Crippen LogP contribution >= 0.6 is 0 Å². The Kier molecular flexibility index (Phi) is 8.35. The van der Waals surface area contributed by atoms with E-state index in [0.29, 0.717) is 18.5 Å². The molecule has 0 spiro atoms. The SMILES string of the molecule is CCCc1ccc([C@H]([NH2+]CC(=O)N2CCN(c3ccc(OC)cc3)CC2)C(C)C)cc1. The predicted molar refractivity (Wildman–Crippen MR) is 127 cm³/mol. The molecule has 1 aliphatic heterocycles. The molecule has 0 bridgehead atoms. The van der Waals surface area contributed by atoms with Crippen LogP contribution in [0.5, 0.6) is 5.75 Å². The maximum atomic E-state index is 12.9. The molecule has 31 heavy (non-hydrogen) atoms. The first-order valence-corrected chi connectivity index (χ1v) is 11.6. The van der Waals surface area contributed by atoms with Crippen LogP contribution in [0.15, 0.2) is 48.5 Å². The number of hydrogen-bond acceptors (Lipinski definition) is 3. The minimum atomic E-state index is 0.239. The van der Waals surface area contributed by atoms with E-state index < -0.39 is 0 Å². The van der Waals surface area contributed by atoms with Gasteiger partial charge in [-0.1, -0.05) is 51.5 Å². The smallest absolute Gasteiger partial charge is 0.277 e. The number of ether oxygens (including phenoxy) is 1. The fourth-order valence-electron chi connectivity index (χ4n) is 4.35. The second-order valence-corrected chi connectivity index (χ2v) is 8.77. The van der Waals surface area contributed by atoms with Crippen molar-refractivity contribution in [1.29, 1.82) is 0 Å². The van der Waals surface area contributed by atoms with Gasteiger partial charge < -0.3 is 19.9 Å². The number of anilines is 1. The second kappa shape index (κ2) is 11.2. The van der Waals surface area contributed by atoms with Crippen molar-refractivity contribution in [3.05, 3.63) is 59.7 Å². The zero-order valence-electron chi connectivity index (χ0n) is 19.5. The van der Waals surface area contributed by atoms with Crippen molar-refractivity contribution in [2.45, 2.75) is 39.7 Å². The Morgan fingerprint density at radius 1 is 1.00 bits per heavy atom.